The van der Waals surface area contributed by atoms with Gasteiger partial charge in [-0.2, -0.15) is 0 Å². The molecule has 17 heavy (non-hydrogen) atoms. The zero-order valence-electron chi connectivity index (χ0n) is 9.27. The Kier molecular flexibility index (Phi) is 3.55. The molecule has 0 saturated carbocycles. The molecule has 0 atom stereocenters. The number of ether oxygens (including phenoxy) is 1. The highest BCUT2D eigenvalue weighted by Crippen LogP contribution is 2.21. The van der Waals surface area contributed by atoms with Gasteiger partial charge in [-0.1, -0.05) is 0 Å². The molecule has 1 heterocycles. The highest BCUT2D eigenvalue weighted by Gasteiger charge is 2.01. The van der Waals surface area contributed by atoms with Gasteiger partial charge in [0.15, 0.2) is 0 Å². The highest BCUT2D eigenvalue weighted by atomic mass is 19.1. The average molecular weight is 232 g/mol. The average Bonchev–Trinajstić information content (AvgIpc) is 2.33. The lowest BCUT2D eigenvalue weighted by molar-refractivity contribution is 0.323. The summed E-state index contributed by atoms with van der Waals surface area (Å²) in [5.74, 6) is 0.157. The molecule has 0 fully saturated rings. The molecule has 0 aliphatic heterocycles. The summed E-state index contributed by atoms with van der Waals surface area (Å²) in [7, 11) is 0. The van der Waals surface area contributed by atoms with E-state index in [9.17, 15) is 4.39 Å². The first kappa shape index (κ1) is 11.4. The maximum absolute atomic E-state index is 12.8. The number of aromatic nitrogens is 1. The number of anilines is 1. The lowest BCUT2D eigenvalue weighted by atomic mass is 10.2. The van der Waals surface area contributed by atoms with Crippen molar-refractivity contribution in [3.63, 3.8) is 0 Å². The molecule has 1 aromatic carbocycles. The van der Waals surface area contributed by atoms with E-state index in [1.807, 2.05) is 12.1 Å². The smallest absolute Gasteiger partial charge is 0.142 e. The molecule has 2 aromatic rings. The van der Waals surface area contributed by atoms with Crippen LogP contribution in [0, 0.1) is 5.82 Å². The van der Waals surface area contributed by atoms with Gasteiger partial charge in [0.25, 0.3) is 0 Å². The second-order valence-electron chi connectivity index (χ2n) is 3.64. The van der Waals surface area contributed by atoms with Crippen molar-refractivity contribution >= 4 is 5.69 Å². The molecule has 0 aliphatic rings. The van der Waals surface area contributed by atoms with Crippen molar-refractivity contribution in [2.75, 3.05) is 12.3 Å². The second kappa shape index (κ2) is 5.30. The van der Waals surface area contributed by atoms with Crippen LogP contribution in [0.1, 0.15) is 5.56 Å². The highest BCUT2D eigenvalue weighted by molar-refractivity contribution is 5.52. The number of pyridine rings is 1. The van der Waals surface area contributed by atoms with E-state index >= 15 is 0 Å². The fourth-order valence-corrected chi connectivity index (χ4v) is 1.48. The fourth-order valence-electron chi connectivity index (χ4n) is 1.48. The number of hydrogen-bond donors (Lipinski definition) is 1. The van der Waals surface area contributed by atoms with Crippen LogP contribution >= 0.6 is 0 Å². The van der Waals surface area contributed by atoms with Crippen LogP contribution in [0.5, 0.6) is 5.75 Å². The van der Waals surface area contributed by atoms with Gasteiger partial charge in [-0.05, 0) is 29.8 Å². The van der Waals surface area contributed by atoms with Gasteiger partial charge >= 0.3 is 0 Å². The fraction of sp³-hybridized carbons (Fsp3) is 0.154. The number of nitrogens with zero attached hydrogens (tertiary/aromatic N) is 1. The van der Waals surface area contributed by atoms with Gasteiger partial charge in [-0.15, -0.1) is 0 Å². The molecule has 1 aromatic heterocycles. The molecule has 3 nitrogen and oxygen atoms in total. The molecule has 0 amide bonds. The molecule has 2 N–H and O–H groups in total. The molecule has 4 heteroatoms. The topological polar surface area (TPSA) is 48.1 Å². The van der Waals surface area contributed by atoms with E-state index in [1.165, 1.54) is 18.2 Å². The quantitative estimate of drug-likeness (QED) is 0.823. The number of nitrogens with two attached hydrogens (primary N) is 1. The molecule has 0 radical (unpaired) electrons. The summed E-state index contributed by atoms with van der Waals surface area (Å²) in [5, 5.41) is 0. The van der Waals surface area contributed by atoms with Crippen LogP contribution in [-0.4, -0.2) is 11.6 Å². The van der Waals surface area contributed by atoms with Crippen molar-refractivity contribution in [2.24, 2.45) is 0 Å². The van der Waals surface area contributed by atoms with E-state index in [2.05, 4.69) is 4.98 Å². The molecular weight excluding hydrogens is 219 g/mol. The van der Waals surface area contributed by atoms with Gasteiger partial charge in [0.2, 0.25) is 0 Å². The van der Waals surface area contributed by atoms with Crippen LogP contribution in [0.3, 0.4) is 0 Å². The molecular formula is C13H13FN2O. The van der Waals surface area contributed by atoms with Crippen molar-refractivity contribution in [3.05, 3.63) is 54.1 Å². The number of rotatable bonds is 4. The van der Waals surface area contributed by atoms with Crippen molar-refractivity contribution in [3.8, 4) is 5.75 Å². The maximum Gasteiger partial charge on any atom is 0.142 e. The van der Waals surface area contributed by atoms with Gasteiger partial charge in [0, 0.05) is 24.9 Å². The molecule has 2 rings (SSSR count). The van der Waals surface area contributed by atoms with Crippen LogP contribution in [0.2, 0.25) is 0 Å². The van der Waals surface area contributed by atoms with Crippen LogP contribution < -0.4 is 10.5 Å². The Bertz CT molecular complexity index is 488. The van der Waals surface area contributed by atoms with Crippen molar-refractivity contribution in [1.29, 1.82) is 0 Å². The summed E-state index contributed by atoms with van der Waals surface area (Å²) in [6.45, 7) is 0.500. The van der Waals surface area contributed by atoms with Crippen LogP contribution in [0.15, 0.2) is 42.7 Å². The normalized spacial score (nSPS) is 10.2. The Labute approximate surface area is 99.1 Å². The maximum atomic E-state index is 12.8. The first-order valence-electron chi connectivity index (χ1n) is 5.32. The lowest BCUT2D eigenvalue weighted by Crippen LogP contribution is -2.03. The third kappa shape index (κ3) is 3.17. The largest absolute Gasteiger partial charge is 0.491 e. The van der Waals surface area contributed by atoms with Crippen LogP contribution in [0.25, 0.3) is 0 Å². The first-order chi connectivity index (χ1) is 8.25. The van der Waals surface area contributed by atoms with E-state index in [0.29, 0.717) is 18.0 Å². The number of benzene rings is 1. The van der Waals surface area contributed by atoms with Crippen molar-refractivity contribution < 1.29 is 9.13 Å². The SMILES string of the molecule is Nc1cc(F)ccc1OCCc1ccncc1. The molecule has 0 saturated heterocycles. The molecule has 0 aliphatic carbocycles. The predicted molar refractivity (Wildman–Crippen MR) is 64.2 cm³/mol. The molecule has 88 valence electrons. The minimum Gasteiger partial charge on any atom is -0.491 e. The van der Waals surface area contributed by atoms with E-state index < -0.39 is 0 Å². The molecule has 0 bridgehead atoms. The van der Waals surface area contributed by atoms with Gasteiger partial charge in [0.1, 0.15) is 11.6 Å². The minimum atomic E-state index is -0.357. The van der Waals surface area contributed by atoms with E-state index in [1.54, 1.807) is 12.4 Å². The van der Waals surface area contributed by atoms with Crippen LogP contribution in [0.4, 0.5) is 10.1 Å². The van der Waals surface area contributed by atoms with E-state index in [0.717, 1.165) is 12.0 Å². The summed E-state index contributed by atoms with van der Waals surface area (Å²) in [6, 6.07) is 7.98. The van der Waals surface area contributed by atoms with Gasteiger partial charge < -0.3 is 10.5 Å². The third-order valence-electron chi connectivity index (χ3n) is 2.37. The Morgan fingerprint density at radius 2 is 1.94 bits per heavy atom. The Hall–Kier alpha value is -2.10. The van der Waals surface area contributed by atoms with Gasteiger partial charge in [-0.25, -0.2) is 4.39 Å². The summed E-state index contributed by atoms with van der Waals surface area (Å²) < 4.78 is 18.3. The summed E-state index contributed by atoms with van der Waals surface area (Å²) in [4.78, 5) is 3.93. The zero-order valence-corrected chi connectivity index (χ0v) is 9.27. The van der Waals surface area contributed by atoms with Gasteiger partial charge in [0.05, 0.1) is 12.3 Å². The Balaban J connectivity index is 1.90. The second-order valence-corrected chi connectivity index (χ2v) is 3.64. The lowest BCUT2D eigenvalue weighted by Gasteiger charge is -2.08. The first-order valence-corrected chi connectivity index (χ1v) is 5.32. The minimum absolute atomic E-state index is 0.319. The third-order valence-corrected chi connectivity index (χ3v) is 2.37. The predicted octanol–water partition coefficient (Wildman–Crippen LogP) is 2.42. The van der Waals surface area contributed by atoms with Crippen LogP contribution in [-0.2, 0) is 6.42 Å². The van der Waals surface area contributed by atoms with Crippen molar-refractivity contribution in [1.82, 2.24) is 4.98 Å². The van der Waals surface area contributed by atoms with E-state index in [-0.39, 0.29) is 5.82 Å². The van der Waals surface area contributed by atoms with Crippen molar-refractivity contribution in [2.45, 2.75) is 6.42 Å². The summed E-state index contributed by atoms with van der Waals surface area (Å²) in [6.07, 6.45) is 4.24. The standard InChI is InChI=1S/C13H13FN2O/c14-11-1-2-13(12(15)9-11)17-8-5-10-3-6-16-7-4-10/h1-4,6-7,9H,5,8,15H2. The van der Waals surface area contributed by atoms with E-state index in [4.69, 9.17) is 10.5 Å². The number of hydrogen-bond acceptors (Lipinski definition) is 3. The monoisotopic (exact) mass is 232 g/mol. The zero-order chi connectivity index (χ0) is 12.1. The Morgan fingerprint density at radius 3 is 2.65 bits per heavy atom. The summed E-state index contributed by atoms with van der Waals surface area (Å²) >= 11 is 0. The number of nitrogen functional groups attached to an aromatic ring is 1. The summed E-state index contributed by atoms with van der Waals surface area (Å²) in [5.41, 5.74) is 7.08. The molecule has 0 unspecified atom stereocenters. The molecule has 0 spiro atoms. The number of halogens is 1. The Morgan fingerprint density at radius 1 is 1.18 bits per heavy atom. The van der Waals surface area contributed by atoms with Gasteiger partial charge in [-0.3, -0.25) is 4.98 Å².